The molecule has 2 aliphatic rings. The minimum Gasteiger partial charge on any atom is -0.299 e. The standard InChI is InChI=1S/C13H20O2/c1-2-11(14)10-9-13(6-3-4-7-13)8-5-12(10)15/h10H,2-9H2,1H3. The molecule has 1 atom stereocenters. The van der Waals surface area contributed by atoms with Gasteiger partial charge in [0.25, 0.3) is 0 Å². The van der Waals surface area contributed by atoms with E-state index in [9.17, 15) is 9.59 Å². The van der Waals surface area contributed by atoms with Gasteiger partial charge in [-0.05, 0) is 31.1 Å². The van der Waals surface area contributed by atoms with Crippen LogP contribution in [0.2, 0.25) is 0 Å². The quantitative estimate of drug-likeness (QED) is 0.654. The van der Waals surface area contributed by atoms with Crippen molar-refractivity contribution in [2.75, 3.05) is 0 Å². The maximum absolute atomic E-state index is 11.7. The van der Waals surface area contributed by atoms with E-state index in [-0.39, 0.29) is 17.5 Å². The highest BCUT2D eigenvalue weighted by atomic mass is 16.1. The lowest BCUT2D eigenvalue weighted by molar-refractivity contribution is -0.137. The maximum atomic E-state index is 11.7. The number of rotatable bonds is 2. The Morgan fingerprint density at radius 1 is 1.33 bits per heavy atom. The fourth-order valence-electron chi connectivity index (χ4n) is 3.33. The van der Waals surface area contributed by atoms with Gasteiger partial charge in [-0.3, -0.25) is 9.59 Å². The third kappa shape index (κ3) is 1.99. The van der Waals surface area contributed by atoms with Gasteiger partial charge in [0.2, 0.25) is 0 Å². The number of hydrogen-bond donors (Lipinski definition) is 0. The molecule has 0 aromatic heterocycles. The molecule has 2 saturated carbocycles. The molecule has 0 radical (unpaired) electrons. The van der Waals surface area contributed by atoms with Gasteiger partial charge in [-0.2, -0.15) is 0 Å². The van der Waals surface area contributed by atoms with E-state index in [2.05, 4.69) is 0 Å². The van der Waals surface area contributed by atoms with Crippen molar-refractivity contribution in [2.24, 2.45) is 11.3 Å². The summed E-state index contributed by atoms with van der Waals surface area (Å²) in [4.78, 5) is 23.4. The van der Waals surface area contributed by atoms with Gasteiger partial charge < -0.3 is 0 Å². The lowest BCUT2D eigenvalue weighted by Crippen LogP contribution is -2.36. The van der Waals surface area contributed by atoms with Crippen molar-refractivity contribution in [3.63, 3.8) is 0 Å². The summed E-state index contributed by atoms with van der Waals surface area (Å²) in [6.07, 6.45) is 8.14. The smallest absolute Gasteiger partial charge is 0.143 e. The van der Waals surface area contributed by atoms with Gasteiger partial charge in [-0.1, -0.05) is 19.8 Å². The molecule has 84 valence electrons. The Labute approximate surface area is 91.4 Å². The van der Waals surface area contributed by atoms with Crippen molar-refractivity contribution >= 4 is 11.6 Å². The van der Waals surface area contributed by atoms with Crippen LogP contribution in [0.4, 0.5) is 0 Å². The zero-order valence-electron chi connectivity index (χ0n) is 9.55. The summed E-state index contributed by atoms with van der Waals surface area (Å²) >= 11 is 0. The topological polar surface area (TPSA) is 34.1 Å². The van der Waals surface area contributed by atoms with Crippen molar-refractivity contribution < 1.29 is 9.59 Å². The van der Waals surface area contributed by atoms with Gasteiger partial charge in [-0.15, -0.1) is 0 Å². The van der Waals surface area contributed by atoms with E-state index in [0.29, 0.717) is 18.3 Å². The number of carbonyl (C=O) groups excluding carboxylic acids is 2. The maximum Gasteiger partial charge on any atom is 0.143 e. The van der Waals surface area contributed by atoms with Crippen molar-refractivity contribution in [1.29, 1.82) is 0 Å². The van der Waals surface area contributed by atoms with Gasteiger partial charge >= 0.3 is 0 Å². The summed E-state index contributed by atoms with van der Waals surface area (Å²) in [7, 11) is 0. The molecule has 2 rings (SSSR count). The van der Waals surface area contributed by atoms with Crippen LogP contribution in [0.1, 0.15) is 58.3 Å². The molecule has 1 spiro atoms. The number of ketones is 2. The van der Waals surface area contributed by atoms with Crippen molar-refractivity contribution in [1.82, 2.24) is 0 Å². The summed E-state index contributed by atoms with van der Waals surface area (Å²) in [6.45, 7) is 1.87. The molecule has 0 N–H and O–H groups in total. The Hall–Kier alpha value is -0.660. The molecule has 2 fully saturated rings. The largest absolute Gasteiger partial charge is 0.299 e. The first-order valence-electron chi connectivity index (χ1n) is 6.22. The Kier molecular flexibility index (Phi) is 2.94. The zero-order valence-corrected chi connectivity index (χ0v) is 9.55. The van der Waals surface area contributed by atoms with Crippen LogP contribution >= 0.6 is 0 Å². The monoisotopic (exact) mass is 208 g/mol. The molecular weight excluding hydrogens is 188 g/mol. The summed E-state index contributed by atoms with van der Waals surface area (Å²) in [6, 6.07) is 0. The average molecular weight is 208 g/mol. The van der Waals surface area contributed by atoms with Crippen LogP contribution in [0.5, 0.6) is 0 Å². The first-order chi connectivity index (χ1) is 7.17. The summed E-state index contributed by atoms with van der Waals surface area (Å²) in [5, 5.41) is 0. The third-order valence-electron chi connectivity index (χ3n) is 4.33. The first-order valence-corrected chi connectivity index (χ1v) is 6.22. The lowest BCUT2D eigenvalue weighted by Gasteiger charge is -2.36. The second-order valence-corrected chi connectivity index (χ2v) is 5.25. The van der Waals surface area contributed by atoms with Gasteiger partial charge in [0.15, 0.2) is 0 Å². The summed E-state index contributed by atoms with van der Waals surface area (Å²) in [5.41, 5.74) is 0.364. The predicted octanol–water partition coefficient (Wildman–Crippen LogP) is 2.90. The van der Waals surface area contributed by atoms with Gasteiger partial charge in [0.05, 0.1) is 5.92 Å². The highest BCUT2D eigenvalue weighted by Gasteiger charge is 2.43. The van der Waals surface area contributed by atoms with Crippen LogP contribution in [0, 0.1) is 11.3 Å². The van der Waals surface area contributed by atoms with Gasteiger partial charge in [0, 0.05) is 12.8 Å². The summed E-state index contributed by atoms with van der Waals surface area (Å²) < 4.78 is 0. The Morgan fingerprint density at radius 3 is 2.60 bits per heavy atom. The lowest BCUT2D eigenvalue weighted by atomic mass is 9.67. The average Bonchev–Trinajstić information content (AvgIpc) is 2.70. The molecule has 0 aliphatic heterocycles. The van der Waals surface area contributed by atoms with Gasteiger partial charge in [0.1, 0.15) is 11.6 Å². The highest BCUT2D eigenvalue weighted by Crippen LogP contribution is 2.49. The SMILES string of the molecule is CCC(=O)C1CC2(CCCC2)CCC1=O. The minimum absolute atomic E-state index is 0.172. The third-order valence-corrected chi connectivity index (χ3v) is 4.33. The summed E-state index contributed by atoms with van der Waals surface area (Å²) in [5.74, 6) is 0.132. The van der Waals surface area contributed by atoms with E-state index < -0.39 is 0 Å². The molecule has 0 saturated heterocycles. The van der Waals surface area contributed by atoms with E-state index in [1.54, 1.807) is 0 Å². The number of Topliss-reactive ketones (excluding diaryl/α,β-unsaturated/α-hetero) is 2. The van der Waals surface area contributed by atoms with E-state index in [1.165, 1.54) is 25.7 Å². The molecule has 0 amide bonds. The fourth-order valence-corrected chi connectivity index (χ4v) is 3.33. The molecule has 15 heavy (non-hydrogen) atoms. The van der Waals surface area contributed by atoms with Crippen LogP contribution < -0.4 is 0 Å². The molecule has 0 heterocycles. The van der Waals surface area contributed by atoms with Crippen molar-refractivity contribution in [3.8, 4) is 0 Å². The predicted molar refractivity (Wildman–Crippen MR) is 58.5 cm³/mol. The van der Waals surface area contributed by atoms with Crippen LogP contribution in [0.3, 0.4) is 0 Å². The number of carbonyl (C=O) groups is 2. The minimum atomic E-state index is -0.248. The molecule has 2 nitrogen and oxygen atoms in total. The molecular formula is C13H20O2. The Morgan fingerprint density at radius 2 is 2.00 bits per heavy atom. The Balaban J connectivity index is 2.10. The van der Waals surface area contributed by atoms with Crippen LogP contribution in [0.15, 0.2) is 0 Å². The second-order valence-electron chi connectivity index (χ2n) is 5.25. The molecule has 0 aromatic carbocycles. The molecule has 1 unspecified atom stereocenters. The van der Waals surface area contributed by atoms with Crippen LogP contribution in [-0.2, 0) is 9.59 Å². The molecule has 2 aliphatic carbocycles. The van der Waals surface area contributed by atoms with Crippen molar-refractivity contribution in [2.45, 2.75) is 58.3 Å². The van der Waals surface area contributed by atoms with E-state index in [1.807, 2.05) is 6.92 Å². The van der Waals surface area contributed by atoms with E-state index >= 15 is 0 Å². The molecule has 0 aromatic rings. The van der Waals surface area contributed by atoms with Crippen LogP contribution in [0.25, 0.3) is 0 Å². The number of hydrogen-bond acceptors (Lipinski definition) is 2. The molecule has 0 bridgehead atoms. The first kappa shape index (κ1) is 10.8. The normalized spacial score (nSPS) is 29.7. The Bertz CT molecular complexity index is 266. The fraction of sp³-hybridized carbons (Fsp3) is 0.846. The van der Waals surface area contributed by atoms with E-state index in [0.717, 1.165) is 12.8 Å². The van der Waals surface area contributed by atoms with Crippen molar-refractivity contribution in [3.05, 3.63) is 0 Å². The zero-order chi connectivity index (χ0) is 10.9. The van der Waals surface area contributed by atoms with Crippen LogP contribution in [-0.4, -0.2) is 11.6 Å². The van der Waals surface area contributed by atoms with Gasteiger partial charge in [-0.25, -0.2) is 0 Å². The van der Waals surface area contributed by atoms with E-state index in [4.69, 9.17) is 0 Å². The second kappa shape index (κ2) is 4.07. The molecule has 2 heteroatoms. The highest BCUT2D eigenvalue weighted by molar-refractivity contribution is 6.02.